The Balaban J connectivity index is 1.32. The molecule has 2 aliphatic heterocycles. The third-order valence-electron chi connectivity index (χ3n) is 5.55. The molecule has 2 fully saturated rings. The predicted octanol–water partition coefficient (Wildman–Crippen LogP) is 2.48. The highest BCUT2D eigenvalue weighted by atomic mass is 16.5. The van der Waals surface area contributed by atoms with Crippen molar-refractivity contribution in [3.05, 3.63) is 36.2 Å². The standard InChI is InChI=1S/C20H27N5O2/c1-2-6-16-13-17(23-22-16)20(26)25-11-9-15(10-12-25)19-21-18(24-27-19)14-7-4-3-5-8-14/h3-5,7-8,15-17,22-23H,2,6,9-13H2,1H3. The molecule has 1 aromatic heterocycles. The topological polar surface area (TPSA) is 83.3 Å². The molecule has 3 heterocycles. The molecule has 0 spiro atoms. The first-order valence-corrected chi connectivity index (χ1v) is 9.93. The van der Waals surface area contributed by atoms with Gasteiger partial charge in [-0.15, -0.1) is 0 Å². The highest BCUT2D eigenvalue weighted by Crippen LogP contribution is 2.29. The minimum atomic E-state index is -0.105. The molecule has 1 aromatic carbocycles. The molecule has 2 saturated heterocycles. The summed E-state index contributed by atoms with van der Waals surface area (Å²) in [6.45, 7) is 3.65. The number of nitrogens with zero attached hydrogens (tertiary/aromatic N) is 3. The van der Waals surface area contributed by atoms with Gasteiger partial charge in [-0.2, -0.15) is 4.98 Å². The molecule has 0 saturated carbocycles. The second kappa shape index (κ2) is 8.19. The number of hydrogen-bond acceptors (Lipinski definition) is 6. The minimum absolute atomic E-state index is 0.105. The fourth-order valence-electron chi connectivity index (χ4n) is 3.99. The number of carbonyl (C=O) groups excluding carboxylic acids is 1. The number of hydrazine groups is 1. The van der Waals surface area contributed by atoms with Crippen LogP contribution in [0.1, 0.15) is 50.8 Å². The molecule has 2 aromatic rings. The van der Waals surface area contributed by atoms with Gasteiger partial charge in [0.25, 0.3) is 0 Å². The maximum Gasteiger partial charge on any atom is 0.241 e. The molecule has 7 nitrogen and oxygen atoms in total. The Morgan fingerprint density at radius 1 is 1.22 bits per heavy atom. The molecular weight excluding hydrogens is 342 g/mol. The number of rotatable bonds is 5. The quantitative estimate of drug-likeness (QED) is 0.842. The number of likely N-dealkylation sites (tertiary alicyclic amines) is 1. The van der Waals surface area contributed by atoms with Gasteiger partial charge < -0.3 is 9.42 Å². The van der Waals surface area contributed by atoms with Gasteiger partial charge in [0.2, 0.25) is 17.6 Å². The number of nitrogens with one attached hydrogen (secondary N) is 2. The lowest BCUT2D eigenvalue weighted by Gasteiger charge is -2.32. The van der Waals surface area contributed by atoms with E-state index in [2.05, 4.69) is 27.9 Å². The summed E-state index contributed by atoms with van der Waals surface area (Å²) in [4.78, 5) is 19.3. The summed E-state index contributed by atoms with van der Waals surface area (Å²) in [5, 5.41) is 4.12. The van der Waals surface area contributed by atoms with Gasteiger partial charge in [0, 0.05) is 30.6 Å². The van der Waals surface area contributed by atoms with Gasteiger partial charge in [-0.05, 0) is 25.7 Å². The fourth-order valence-corrected chi connectivity index (χ4v) is 3.99. The summed E-state index contributed by atoms with van der Waals surface area (Å²) in [7, 11) is 0. The van der Waals surface area contributed by atoms with E-state index in [0.717, 1.165) is 50.8 Å². The van der Waals surface area contributed by atoms with E-state index >= 15 is 0 Å². The summed E-state index contributed by atoms with van der Waals surface area (Å²) < 4.78 is 5.51. The number of benzene rings is 1. The third-order valence-corrected chi connectivity index (χ3v) is 5.55. The molecule has 0 bridgehead atoms. The second-order valence-electron chi connectivity index (χ2n) is 7.48. The number of hydrogen-bond donors (Lipinski definition) is 2. The average molecular weight is 369 g/mol. The molecule has 2 atom stereocenters. The molecular formula is C20H27N5O2. The zero-order chi connectivity index (χ0) is 18.6. The molecule has 7 heteroatoms. The van der Waals surface area contributed by atoms with Crippen molar-refractivity contribution < 1.29 is 9.32 Å². The van der Waals surface area contributed by atoms with E-state index in [0.29, 0.717) is 17.8 Å². The molecule has 2 aliphatic rings. The maximum atomic E-state index is 12.8. The largest absolute Gasteiger partial charge is 0.341 e. The van der Waals surface area contributed by atoms with Crippen LogP contribution in [0.15, 0.2) is 34.9 Å². The Morgan fingerprint density at radius 2 is 2.00 bits per heavy atom. The molecule has 2 N–H and O–H groups in total. The highest BCUT2D eigenvalue weighted by molar-refractivity contribution is 5.82. The SMILES string of the molecule is CCCC1CC(C(=O)N2CCC(c3nc(-c4ccccc4)no3)CC2)NN1. The van der Waals surface area contributed by atoms with Crippen molar-refractivity contribution in [2.75, 3.05) is 13.1 Å². The Labute approximate surface area is 159 Å². The summed E-state index contributed by atoms with van der Waals surface area (Å²) in [6.07, 6.45) is 4.82. The molecule has 4 rings (SSSR count). The normalized spacial score (nSPS) is 23.7. The van der Waals surface area contributed by atoms with Crippen molar-refractivity contribution in [3.63, 3.8) is 0 Å². The van der Waals surface area contributed by atoms with Crippen LogP contribution < -0.4 is 10.9 Å². The predicted molar refractivity (Wildman–Crippen MR) is 102 cm³/mol. The van der Waals surface area contributed by atoms with Crippen LogP contribution in [0.2, 0.25) is 0 Å². The van der Waals surface area contributed by atoms with Gasteiger partial charge in [-0.25, -0.2) is 5.43 Å². The smallest absolute Gasteiger partial charge is 0.241 e. The fraction of sp³-hybridized carbons (Fsp3) is 0.550. The van der Waals surface area contributed by atoms with E-state index in [-0.39, 0.29) is 17.9 Å². The molecule has 27 heavy (non-hydrogen) atoms. The third kappa shape index (κ3) is 4.04. The highest BCUT2D eigenvalue weighted by Gasteiger charge is 2.34. The monoisotopic (exact) mass is 369 g/mol. The van der Waals surface area contributed by atoms with E-state index in [1.807, 2.05) is 35.2 Å². The van der Waals surface area contributed by atoms with Crippen LogP contribution in [0.25, 0.3) is 11.4 Å². The van der Waals surface area contributed by atoms with Gasteiger partial charge in [0.1, 0.15) is 6.04 Å². The Morgan fingerprint density at radius 3 is 2.74 bits per heavy atom. The van der Waals surface area contributed by atoms with Crippen LogP contribution >= 0.6 is 0 Å². The number of carbonyl (C=O) groups is 1. The minimum Gasteiger partial charge on any atom is -0.341 e. The van der Waals surface area contributed by atoms with Crippen LogP contribution in [-0.4, -0.2) is 46.1 Å². The lowest BCUT2D eigenvalue weighted by atomic mass is 9.95. The van der Waals surface area contributed by atoms with Gasteiger partial charge in [0.15, 0.2) is 0 Å². The summed E-state index contributed by atoms with van der Waals surface area (Å²) >= 11 is 0. The Hall–Kier alpha value is -2.25. The molecule has 0 aliphatic carbocycles. The summed E-state index contributed by atoms with van der Waals surface area (Å²) in [6, 6.07) is 10.1. The molecule has 1 amide bonds. The number of aromatic nitrogens is 2. The Kier molecular flexibility index (Phi) is 5.50. The Bertz CT molecular complexity index is 755. The van der Waals surface area contributed by atoms with Crippen LogP contribution in [0.5, 0.6) is 0 Å². The van der Waals surface area contributed by atoms with Crippen molar-refractivity contribution in [1.82, 2.24) is 25.9 Å². The van der Waals surface area contributed by atoms with Gasteiger partial charge >= 0.3 is 0 Å². The van der Waals surface area contributed by atoms with Crippen LogP contribution in [0, 0.1) is 0 Å². The average Bonchev–Trinajstić information content (AvgIpc) is 3.39. The first-order chi connectivity index (χ1) is 13.2. The van der Waals surface area contributed by atoms with E-state index in [1.54, 1.807) is 0 Å². The van der Waals surface area contributed by atoms with Gasteiger partial charge in [0.05, 0.1) is 0 Å². The lowest BCUT2D eigenvalue weighted by Crippen LogP contribution is -2.48. The van der Waals surface area contributed by atoms with Crippen molar-refractivity contribution >= 4 is 5.91 Å². The van der Waals surface area contributed by atoms with Crippen LogP contribution in [0.4, 0.5) is 0 Å². The zero-order valence-corrected chi connectivity index (χ0v) is 15.7. The van der Waals surface area contributed by atoms with Crippen LogP contribution in [-0.2, 0) is 4.79 Å². The molecule has 144 valence electrons. The molecule has 2 unspecified atom stereocenters. The lowest BCUT2D eigenvalue weighted by molar-refractivity contribution is -0.134. The zero-order valence-electron chi connectivity index (χ0n) is 15.7. The van der Waals surface area contributed by atoms with Crippen molar-refractivity contribution in [2.24, 2.45) is 0 Å². The second-order valence-corrected chi connectivity index (χ2v) is 7.48. The van der Waals surface area contributed by atoms with E-state index in [4.69, 9.17) is 4.52 Å². The number of piperidine rings is 1. The van der Waals surface area contributed by atoms with Crippen molar-refractivity contribution in [2.45, 2.75) is 57.0 Å². The maximum absolute atomic E-state index is 12.8. The van der Waals surface area contributed by atoms with Crippen molar-refractivity contribution in [3.8, 4) is 11.4 Å². The first-order valence-electron chi connectivity index (χ1n) is 9.93. The van der Waals surface area contributed by atoms with Crippen LogP contribution in [0.3, 0.4) is 0 Å². The van der Waals surface area contributed by atoms with E-state index in [1.165, 1.54) is 0 Å². The number of amides is 1. The summed E-state index contributed by atoms with van der Waals surface area (Å²) in [5.74, 6) is 1.74. The summed E-state index contributed by atoms with van der Waals surface area (Å²) in [5.41, 5.74) is 7.38. The van der Waals surface area contributed by atoms with Gasteiger partial charge in [-0.1, -0.05) is 48.8 Å². The molecule has 0 radical (unpaired) electrons. The van der Waals surface area contributed by atoms with Crippen molar-refractivity contribution in [1.29, 1.82) is 0 Å². The van der Waals surface area contributed by atoms with E-state index in [9.17, 15) is 4.79 Å². The van der Waals surface area contributed by atoms with Gasteiger partial charge in [-0.3, -0.25) is 10.2 Å². The van der Waals surface area contributed by atoms with E-state index < -0.39 is 0 Å². The first kappa shape index (κ1) is 18.1.